The molecular weight excluding hydrogens is 363 g/mol. The molecule has 1 aliphatic rings. The minimum Gasteiger partial charge on any atom is -0.337 e. The van der Waals surface area contributed by atoms with Crippen molar-refractivity contribution in [3.05, 3.63) is 33.8 Å². The zero-order chi connectivity index (χ0) is 14.5. The van der Waals surface area contributed by atoms with Crippen LogP contribution in [-0.2, 0) is 0 Å². The average molecular weight is 380 g/mol. The lowest BCUT2D eigenvalue weighted by Gasteiger charge is -2.22. The molecule has 3 nitrogen and oxygen atoms in total. The molecule has 110 valence electrons. The van der Waals surface area contributed by atoms with Crippen LogP contribution in [0.15, 0.2) is 18.2 Å². The van der Waals surface area contributed by atoms with Crippen LogP contribution in [0.1, 0.15) is 16.8 Å². The lowest BCUT2D eigenvalue weighted by atomic mass is 10.2. The maximum absolute atomic E-state index is 12.5. The molecule has 0 aromatic heterocycles. The average Bonchev–Trinajstić information content (AvgIpc) is 2.67. The van der Waals surface area contributed by atoms with Gasteiger partial charge in [-0.1, -0.05) is 39.1 Å². The third-order valence-electron chi connectivity index (χ3n) is 3.44. The van der Waals surface area contributed by atoms with Gasteiger partial charge in [0.25, 0.3) is 5.91 Å². The summed E-state index contributed by atoms with van der Waals surface area (Å²) < 4.78 is 0. The number of rotatable bonds is 3. The van der Waals surface area contributed by atoms with Gasteiger partial charge in [0, 0.05) is 36.5 Å². The SMILES string of the molecule is O=C(c1cc(Cl)ccc1Cl)N1CCCN(CCBr)CC1. The van der Waals surface area contributed by atoms with E-state index in [0.29, 0.717) is 15.6 Å². The van der Waals surface area contributed by atoms with E-state index < -0.39 is 0 Å². The lowest BCUT2D eigenvalue weighted by molar-refractivity contribution is 0.0762. The molecule has 0 spiro atoms. The number of alkyl halides is 1. The smallest absolute Gasteiger partial charge is 0.255 e. The van der Waals surface area contributed by atoms with Gasteiger partial charge < -0.3 is 9.80 Å². The number of carbonyl (C=O) groups is 1. The van der Waals surface area contributed by atoms with Crippen LogP contribution < -0.4 is 0 Å². The van der Waals surface area contributed by atoms with Crippen molar-refractivity contribution < 1.29 is 4.79 Å². The fourth-order valence-corrected chi connectivity index (χ4v) is 3.22. The van der Waals surface area contributed by atoms with Crippen LogP contribution in [0.4, 0.5) is 0 Å². The van der Waals surface area contributed by atoms with E-state index in [-0.39, 0.29) is 5.91 Å². The van der Waals surface area contributed by atoms with Crippen molar-refractivity contribution >= 4 is 45.0 Å². The molecule has 0 N–H and O–H groups in total. The predicted octanol–water partition coefficient (Wildman–Crippen LogP) is 3.54. The standard InChI is InChI=1S/C14H17BrCl2N2O/c15-4-7-18-5-1-6-19(9-8-18)14(20)12-10-11(16)2-3-13(12)17/h2-3,10H,1,4-9H2. The van der Waals surface area contributed by atoms with Crippen LogP contribution in [0.2, 0.25) is 10.0 Å². The first kappa shape index (κ1) is 16.1. The number of hydrogen-bond donors (Lipinski definition) is 0. The van der Waals surface area contributed by atoms with Gasteiger partial charge in [-0.05, 0) is 31.2 Å². The second-order valence-electron chi connectivity index (χ2n) is 4.80. The molecule has 1 fully saturated rings. The third-order valence-corrected chi connectivity index (χ3v) is 4.35. The monoisotopic (exact) mass is 378 g/mol. The van der Waals surface area contributed by atoms with Crippen molar-refractivity contribution in [1.82, 2.24) is 9.80 Å². The minimum atomic E-state index is -0.0295. The van der Waals surface area contributed by atoms with E-state index in [4.69, 9.17) is 23.2 Å². The molecule has 1 aromatic rings. The van der Waals surface area contributed by atoms with Crippen LogP contribution in [0.25, 0.3) is 0 Å². The third kappa shape index (κ3) is 4.10. The van der Waals surface area contributed by atoms with E-state index in [1.807, 2.05) is 4.90 Å². The number of halogens is 3. The van der Waals surface area contributed by atoms with Gasteiger partial charge in [-0.2, -0.15) is 0 Å². The first-order chi connectivity index (χ1) is 9.61. The van der Waals surface area contributed by atoms with Gasteiger partial charge in [-0.15, -0.1) is 0 Å². The van der Waals surface area contributed by atoms with Crippen LogP contribution in [0.3, 0.4) is 0 Å². The summed E-state index contributed by atoms with van der Waals surface area (Å²) in [7, 11) is 0. The number of amides is 1. The first-order valence-corrected chi connectivity index (χ1v) is 8.52. The van der Waals surface area contributed by atoms with Crippen molar-refractivity contribution in [1.29, 1.82) is 0 Å². The summed E-state index contributed by atoms with van der Waals surface area (Å²) in [5.74, 6) is -0.0295. The van der Waals surface area contributed by atoms with Crippen LogP contribution in [-0.4, -0.2) is 53.8 Å². The Balaban J connectivity index is 2.07. The molecule has 1 amide bonds. The van der Waals surface area contributed by atoms with Gasteiger partial charge in [-0.3, -0.25) is 4.79 Å². The molecule has 1 heterocycles. The molecule has 1 aromatic carbocycles. The second-order valence-corrected chi connectivity index (χ2v) is 6.44. The highest BCUT2D eigenvalue weighted by atomic mass is 79.9. The molecule has 0 radical (unpaired) electrons. The number of benzene rings is 1. The van der Waals surface area contributed by atoms with E-state index in [2.05, 4.69) is 20.8 Å². The summed E-state index contributed by atoms with van der Waals surface area (Å²) in [6.07, 6.45) is 0.983. The summed E-state index contributed by atoms with van der Waals surface area (Å²) in [5, 5.41) is 1.95. The Hall–Kier alpha value is -0.290. The Bertz CT molecular complexity index is 484. The summed E-state index contributed by atoms with van der Waals surface area (Å²) in [6, 6.07) is 5.01. The normalized spacial score (nSPS) is 17.1. The van der Waals surface area contributed by atoms with Gasteiger partial charge >= 0.3 is 0 Å². The molecule has 0 saturated carbocycles. The molecule has 2 rings (SSSR count). The van der Waals surface area contributed by atoms with Gasteiger partial charge in [0.15, 0.2) is 0 Å². The molecule has 1 aliphatic heterocycles. The summed E-state index contributed by atoms with van der Waals surface area (Å²) in [5.41, 5.74) is 0.494. The molecule has 20 heavy (non-hydrogen) atoms. The Morgan fingerprint density at radius 3 is 2.75 bits per heavy atom. The molecule has 0 aliphatic carbocycles. The van der Waals surface area contributed by atoms with Gasteiger partial charge in [0.2, 0.25) is 0 Å². The molecule has 0 bridgehead atoms. The maximum atomic E-state index is 12.5. The topological polar surface area (TPSA) is 23.6 Å². The number of nitrogens with zero attached hydrogens (tertiary/aromatic N) is 2. The van der Waals surface area contributed by atoms with Crippen LogP contribution in [0, 0.1) is 0 Å². The number of carbonyl (C=O) groups excluding carboxylic acids is 1. The number of hydrogen-bond acceptors (Lipinski definition) is 2. The predicted molar refractivity (Wildman–Crippen MR) is 87.2 cm³/mol. The van der Waals surface area contributed by atoms with Gasteiger partial charge in [-0.25, -0.2) is 0 Å². The van der Waals surface area contributed by atoms with Gasteiger partial charge in [0.1, 0.15) is 0 Å². The summed E-state index contributed by atoms with van der Waals surface area (Å²) >= 11 is 15.5. The summed E-state index contributed by atoms with van der Waals surface area (Å²) in [4.78, 5) is 16.8. The van der Waals surface area contributed by atoms with Gasteiger partial charge in [0.05, 0.1) is 10.6 Å². The maximum Gasteiger partial charge on any atom is 0.255 e. The lowest BCUT2D eigenvalue weighted by Crippen LogP contribution is -2.35. The second kappa shape index (κ2) is 7.64. The Labute approximate surface area is 138 Å². The molecule has 6 heteroatoms. The van der Waals surface area contributed by atoms with Crippen LogP contribution in [0.5, 0.6) is 0 Å². The van der Waals surface area contributed by atoms with Crippen LogP contribution >= 0.6 is 39.1 Å². The summed E-state index contributed by atoms with van der Waals surface area (Å²) in [6.45, 7) is 4.43. The highest BCUT2D eigenvalue weighted by molar-refractivity contribution is 9.09. The first-order valence-electron chi connectivity index (χ1n) is 6.64. The molecule has 1 saturated heterocycles. The van der Waals surface area contributed by atoms with Crippen molar-refractivity contribution in [3.63, 3.8) is 0 Å². The highest BCUT2D eigenvalue weighted by Crippen LogP contribution is 2.22. The Morgan fingerprint density at radius 1 is 1.20 bits per heavy atom. The van der Waals surface area contributed by atoms with E-state index >= 15 is 0 Å². The van der Waals surface area contributed by atoms with E-state index in [0.717, 1.165) is 44.5 Å². The van der Waals surface area contributed by atoms with Crippen molar-refractivity contribution in [2.45, 2.75) is 6.42 Å². The van der Waals surface area contributed by atoms with E-state index in [1.54, 1.807) is 18.2 Å². The zero-order valence-electron chi connectivity index (χ0n) is 11.1. The van der Waals surface area contributed by atoms with E-state index in [9.17, 15) is 4.79 Å². The van der Waals surface area contributed by atoms with E-state index in [1.165, 1.54) is 0 Å². The Kier molecular flexibility index (Phi) is 6.15. The fraction of sp³-hybridized carbons (Fsp3) is 0.500. The zero-order valence-corrected chi connectivity index (χ0v) is 14.2. The minimum absolute atomic E-state index is 0.0295. The Morgan fingerprint density at radius 2 is 2.00 bits per heavy atom. The quantitative estimate of drug-likeness (QED) is 0.750. The van der Waals surface area contributed by atoms with Crippen molar-refractivity contribution in [3.8, 4) is 0 Å². The molecule has 0 atom stereocenters. The fourth-order valence-electron chi connectivity index (χ4n) is 2.35. The molecule has 0 unspecified atom stereocenters. The van der Waals surface area contributed by atoms with Crippen molar-refractivity contribution in [2.75, 3.05) is 38.1 Å². The largest absolute Gasteiger partial charge is 0.337 e. The molecular formula is C14H17BrCl2N2O. The van der Waals surface area contributed by atoms with Crippen molar-refractivity contribution in [2.24, 2.45) is 0 Å². The highest BCUT2D eigenvalue weighted by Gasteiger charge is 2.21.